The van der Waals surface area contributed by atoms with Crippen LogP contribution in [0.3, 0.4) is 0 Å². The van der Waals surface area contributed by atoms with E-state index < -0.39 is 23.4 Å². The Hall–Kier alpha value is -3.61. The number of aromatic nitrogens is 3. The molecule has 9 nitrogen and oxygen atoms in total. The number of nitrogens with zero attached hydrogens (tertiary/aromatic N) is 4. The highest BCUT2D eigenvalue weighted by atomic mass is 32.1. The third-order valence-corrected chi connectivity index (χ3v) is 8.38. The second kappa shape index (κ2) is 11.3. The molecule has 5 rings (SSSR count). The van der Waals surface area contributed by atoms with Crippen molar-refractivity contribution in [3.8, 4) is 5.88 Å². The number of hydrogen-bond acceptors (Lipinski definition) is 7. The molecule has 1 aliphatic heterocycles. The van der Waals surface area contributed by atoms with Gasteiger partial charge in [-0.15, -0.1) is 11.3 Å². The molecule has 41 heavy (non-hydrogen) atoms. The van der Waals surface area contributed by atoms with Crippen LogP contribution in [0.4, 0.5) is 24.5 Å². The van der Waals surface area contributed by atoms with E-state index in [-0.39, 0.29) is 29.9 Å². The Morgan fingerprint density at radius 3 is 2.66 bits per heavy atom. The fraction of sp³-hybridized carbons (Fsp3) is 0.500. The molecule has 0 bridgehead atoms. The quantitative estimate of drug-likeness (QED) is 0.365. The van der Waals surface area contributed by atoms with Crippen LogP contribution in [-0.2, 0) is 24.6 Å². The van der Waals surface area contributed by atoms with E-state index >= 15 is 0 Å². The third kappa shape index (κ3) is 7.00. The van der Waals surface area contributed by atoms with Gasteiger partial charge >= 0.3 is 6.18 Å². The molecule has 0 saturated heterocycles. The molecule has 1 aliphatic carbocycles. The molecule has 3 aromatic rings. The summed E-state index contributed by atoms with van der Waals surface area (Å²) in [4.78, 5) is 33.4. The van der Waals surface area contributed by atoms with Crippen molar-refractivity contribution < 1.29 is 27.5 Å². The molecule has 0 spiro atoms. The lowest BCUT2D eigenvalue weighted by atomic mass is 9.97. The van der Waals surface area contributed by atoms with E-state index in [1.54, 1.807) is 41.2 Å². The summed E-state index contributed by atoms with van der Waals surface area (Å²) < 4.78 is 47.6. The van der Waals surface area contributed by atoms with E-state index in [1.807, 2.05) is 13.8 Å². The summed E-state index contributed by atoms with van der Waals surface area (Å²) in [5, 5.41) is 9.84. The Balaban J connectivity index is 1.31. The molecule has 13 heteroatoms. The minimum absolute atomic E-state index is 0.137. The van der Waals surface area contributed by atoms with Gasteiger partial charge in [0.15, 0.2) is 0 Å². The zero-order chi connectivity index (χ0) is 29.4. The first-order valence-electron chi connectivity index (χ1n) is 13.6. The number of amides is 2. The summed E-state index contributed by atoms with van der Waals surface area (Å²) >= 11 is 1.24. The second-order valence-electron chi connectivity index (χ2n) is 11.3. The van der Waals surface area contributed by atoms with Crippen molar-refractivity contribution in [1.82, 2.24) is 20.1 Å². The number of halogens is 3. The van der Waals surface area contributed by atoms with E-state index in [2.05, 4.69) is 20.7 Å². The monoisotopic (exact) mass is 590 g/mol. The van der Waals surface area contributed by atoms with Crippen molar-refractivity contribution in [3.05, 3.63) is 52.1 Å². The van der Waals surface area contributed by atoms with Crippen molar-refractivity contribution in [3.63, 3.8) is 0 Å². The van der Waals surface area contributed by atoms with E-state index in [0.717, 1.165) is 42.8 Å². The minimum atomic E-state index is -4.53. The van der Waals surface area contributed by atoms with Gasteiger partial charge in [0.25, 0.3) is 5.91 Å². The predicted molar refractivity (Wildman–Crippen MR) is 149 cm³/mol. The van der Waals surface area contributed by atoms with Crippen molar-refractivity contribution in [2.24, 2.45) is 13.0 Å². The van der Waals surface area contributed by atoms with Gasteiger partial charge in [0.2, 0.25) is 11.8 Å². The van der Waals surface area contributed by atoms with E-state index in [0.29, 0.717) is 29.4 Å². The Labute approximate surface area is 240 Å². The summed E-state index contributed by atoms with van der Waals surface area (Å²) in [6.45, 7) is 4.29. The first-order valence-corrected chi connectivity index (χ1v) is 14.4. The lowest BCUT2D eigenvalue weighted by molar-refractivity contribution is -0.137. The van der Waals surface area contributed by atoms with Crippen molar-refractivity contribution >= 4 is 34.5 Å². The number of anilines is 2. The maximum Gasteiger partial charge on any atom is 0.417 e. The summed E-state index contributed by atoms with van der Waals surface area (Å²) in [6, 6.07) is 3.80. The second-order valence-corrected chi connectivity index (χ2v) is 12.5. The lowest BCUT2D eigenvalue weighted by Crippen LogP contribution is -2.46. The summed E-state index contributed by atoms with van der Waals surface area (Å²) in [6.07, 6.45) is 4.31. The van der Waals surface area contributed by atoms with Crippen LogP contribution in [0.5, 0.6) is 5.88 Å². The average molecular weight is 591 g/mol. The molecule has 2 aliphatic rings. The maximum atomic E-state index is 13.4. The maximum absolute atomic E-state index is 13.4. The van der Waals surface area contributed by atoms with Crippen molar-refractivity contribution in [2.45, 2.75) is 70.3 Å². The number of hydrogen-bond donors (Lipinski definition) is 2. The highest BCUT2D eigenvalue weighted by molar-refractivity contribution is 7.14. The molecule has 1 atom stereocenters. The average Bonchev–Trinajstić information content (AvgIpc) is 3.65. The van der Waals surface area contributed by atoms with Gasteiger partial charge < -0.3 is 20.3 Å². The Morgan fingerprint density at radius 2 is 1.98 bits per heavy atom. The Kier molecular flexibility index (Phi) is 8.00. The molecule has 1 saturated carbocycles. The van der Waals surface area contributed by atoms with Gasteiger partial charge in [0.05, 0.1) is 35.4 Å². The van der Waals surface area contributed by atoms with Crippen molar-refractivity contribution in [1.29, 1.82) is 0 Å². The largest absolute Gasteiger partial charge is 0.468 e. The van der Waals surface area contributed by atoms with Crippen LogP contribution in [-0.4, -0.2) is 44.8 Å². The molecule has 4 heterocycles. The molecule has 1 fully saturated rings. The standard InChI is InChI=1S/C28H33F3N6O3S/c1-27(2)16-37(22-11-18(28(29,30)31)12-32-26(22)40-27)15-20-8-9-23(41-20)25(39)35-21(10-17-6-4-5-7-17)24(38)34-19-13-33-36(3)14-19/h8-9,11-14,17,21H,4-7,10,15-16H2,1-3H3,(H,34,38)(H,35,39)/t21-/m0/s1. The van der Waals surface area contributed by atoms with Gasteiger partial charge in [-0.3, -0.25) is 14.3 Å². The van der Waals surface area contributed by atoms with E-state index in [4.69, 9.17) is 4.74 Å². The third-order valence-electron chi connectivity index (χ3n) is 7.31. The van der Waals surface area contributed by atoms with Gasteiger partial charge in [-0.2, -0.15) is 18.3 Å². The summed E-state index contributed by atoms with van der Waals surface area (Å²) in [5.74, 6) is -0.165. The van der Waals surface area contributed by atoms with Crippen LogP contribution in [0.1, 0.15) is 66.1 Å². The molecule has 2 N–H and O–H groups in total. The lowest BCUT2D eigenvalue weighted by Gasteiger charge is -2.40. The molecular weight excluding hydrogens is 557 g/mol. The molecule has 3 aromatic heterocycles. The number of thiophene rings is 1. The normalized spacial score (nSPS) is 17.6. The predicted octanol–water partition coefficient (Wildman–Crippen LogP) is 5.39. The summed E-state index contributed by atoms with van der Waals surface area (Å²) in [7, 11) is 1.75. The molecule has 2 amide bonds. The molecule has 220 valence electrons. The van der Waals surface area contributed by atoms with Crippen LogP contribution in [0.2, 0.25) is 0 Å². The topological polar surface area (TPSA) is 101 Å². The van der Waals surface area contributed by atoms with Gasteiger partial charge in [-0.1, -0.05) is 25.7 Å². The first-order chi connectivity index (χ1) is 19.4. The zero-order valence-corrected chi connectivity index (χ0v) is 23.9. The number of aryl methyl sites for hydroxylation is 1. The number of nitrogens with one attached hydrogen (secondary N) is 2. The number of rotatable bonds is 8. The van der Waals surface area contributed by atoms with Crippen LogP contribution in [0.25, 0.3) is 0 Å². The van der Waals surface area contributed by atoms with Crippen LogP contribution < -0.4 is 20.3 Å². The first kappa shape index (κ1) is 28.9. The molecule has 0 unspecified atom stereocenters. The van der Waals surface area contributed by atoms with Gasteiger partial charge in [-0.05, 0) is 44.4 Å². The highest BCUT2D eigenvalue weighted by Crippen LogP contribution is 2.40. The highest BCUT2D eigenvalue weighted by Gasteiger charge is 2.37. The molecular formula is C28H33F3N6O3S. The molecule has 0 aromatic carbocycles. The van der Waals surface area contributed by atoms with Gasteiger partial charge in [0.1, 0.15) is 17.3 Å². The number of fused-ring (bicyclic) bond motifs is 1. The SMILES string of the molecule is Cn1cc(NC(=O)[C@H](CC2CCCC2)NC(=O)c2ccc(CN3CC(C)(C)Oc4ncc(C(F)(F)F)cc43)s2)cn1. The van der Waals surface area contributed by atoms with E-state index in [9.17, 15) is 22.8 Å². The fourth-order valence-corrected chi connectivity index (χ4v) is 6.34. The Bertz CT molecular complexity index is 1410. The fourth-order valence-electron chi connectivity index (χ4n) is 5.41. The van der Waals surface area contributed by atoms with Gasteiger partial charge in [-0.25, -0.2) is 4.98 Å². The number of carbonyl (C=O) groups excluding carboxylic acids is 2. The van der Waals surface area contributed by atoms with Crippen LogP contribution >= 0.6 is 11.3 Å². The van der Waals surface area contributed by atoms with Crippen molar-refractivity contribution in [2.75, 3.05) is 16.8 Å². The summed E-state index contributed by atoms with van der Waals surface area (Å²) in [5.41, 5.74) is -0.721. The number of alkyl halides is 3. The minimum Gasteiger partial charge on any atom is -0.468 e. The smallest absolute Gasteiger partial charge is 0.417 e. The zero-order valence-electron chi connectivity index (χ0n) is 23.1. The number of carbonyl (C=O) groups is 2. The molecule has 0 radical (unpaired) electrons. The number of ether oxygens (including phenoxy) is 1. The van der Waals surface area contributed by atoms with Crippen LogP contribution in [0.15, 0.2) is 36.8 Å². The number of pyridine rings is 1. The Morgan fingerprint density at radius 1 is 1.22 bits per heavy atom. The van der Waals surface area contributed by atoms with E-state index in [1.165, 1.54) is 11.3 Å². The van der Waals surface area contributed by atoms with Crippen LogP contribution in [0, 0.1) is 5.92 Å². The van der Waals surface area contributed by atoms with Gasteiger partial charge in [0, 0.05) is 24.3 Å².